The van der Waals surface area contributed by atoms with E-state index in [1.807, 2.05) is 13.0 Å². The summed E-state index contributed by atoms with van der Waals surface area (Å²) in [6.45, 7) is 1.53. The van der Waals surface area contributed by atoms with E-state index in [1.54, 1.807) is 30.5 Å². The second-order valence-electron chi connectivity index (χ2n) is 4.79. The Hall–Kier alpha value is -2.25. The van der Waals surface area contributed by atoms with E-state index in [9.17, 15) is 13.2 Å². The van der Waals surface area contributed by atoms with E-state index < -0.39 is 15.9 Å². The molecule has 1 heterocycles. The molecule has 116 valence electrons. The van der Waals surface area contributed by atoms with Crippen molar-refractivity contribution in [3.05, 3.63) is 54.2 Å². The topological polar surface area (TPSA) is 79.4 Å². The lowest BCUT2D eigenvalue weighted by molar-refractivity contribution is -0.116. The number of likely N-dealkylation sites (N-methyl/N-ethyl adjacent to an activating group) is 1. The summed E-state index contributed by atoms with van der Waals surface area (Å²) in [5.41, 5.74) is 0.810. The summed E-state index contributed by atoms with van der Waals surface area (Å²) in [5, 5.41) is 2.61. The molecule has 7 heteroatoms. The van der Waals surface area contributed by atoms with E-state index >= 15 is 0 Å². The Bertz CT molecular complexity index is 761. The molecule has 0 atom stereocenters. The van der Waals surface area contributed by atoms with Crippen LogP contribution < -0.4 is 5.32 Å². The van der Waals surface area contributed by atoms with Crippen molar-refractivity contribution in [1.82, 2.24) is 9.29 Å². The molecule has 1 amide bonds. The fourth-order valence-corrected chi connectivity index (χ4v) is 3.00. The van der Waals surface area contributed by atoms with Gasteiger partial charge in [0.15, 0.2) is 0 Å². The number of aryl methyl sites for hydroxylation is 1. The molecule has 2 aromatic rings. The van der Waals surface area contributed by atoms with Crippen molar-refractivity contribution in [1.29, 1.82) is 0 Å². The molecule has 0 fully saturated rings. The average Bonchev–Trinajstić information content (AvgIpc) is 2.50. The van der Waals surface area contributed by atoms with Gasteiger partial charge in [-0.1, -0.05) is 24.3 Å². The maximum Gasteiger partial charge on any atom is 0.243 e. The van der Waals surface area contributed by atoms with Gasteiger partial charge in [-0.25, -0.2) is 13.4 Å². The minimum absolute atomic E-state index is 0.152. The number of benzene rings is 1. The Morgan fingerprint density at radius 3 is 2.50 bits per heavy atom. The van der Waals surface area contributed by atoms with E-state index in [4.69, 9.17) is 0 Å². The van der Waals surface area contributed by atoms with Crippen LogP contribution in [0, 0.1) is 6.92 Å². The lowest BCUT2D eigenvalue weighted by atomic mass is 10.3. The fraction of sp³-hybridized carbons (Fsp3) is 0.200. The van der Waals surface area contributed by atoms with Crippen molar-refractivity contribution < 1.29 is 13.2 Å². The van der Waals surface area contributed by atoms with Crippen LogP contribution in [0.5, 0.6) is 0 Å². The van der Waals surface area contributed by atoms with Crippen LogP contribution in [0.4, 0.5) is 5.82 Å². The lowest BCUT2D eigenvalue weighted by Crippen LogP contribution is -2.35. The van der Waals surface area contributed by atoms with Crippen LogP contribution >= 0.6 is 0 Å². The molecule has 0 aliphatic rings. The van der Waals surface area contributed by atoms with Gasteiger partial charge >= 0.3 is 0 Å². The highest BCUT2D eigenvalue weighted by molar-refractivity contribution is 7.89. The monoisotopic (exact) mass is 319 g/mol. The number of hydrogen-bond acceptors (Lipinski definition) is 4. The normalized spacial score (nSPS) is 11.4. The maximum absolute atomic E-state index is 12.3. The van der Waals surface area contributed by atoms with Gasteiger partial charge in [0.1, 0.15) is 5.82 Å². The predicted octanol–water partition coefficient (Wildman–Crippen LogP) is 1.65. The Morgan fingerprint density at radius 2 is 1.86 bits per heavy atom. The molecule has 0 saturated heterocycles. The van der Waals surface area contributed by atoms with Crippen LogP contribution in [0.15, 0.2) is 53.6 Å². The highest BCUT2D eigenvalue weighted by Crippen LogP contribution is 2.14. The second kappa shape index (κ2) is 6.67. The quantitative estimate of drug-likeness (QED) is 0.909. The zero-order chi connectivity index (χ0) is 16.2. The number of anilines is 1. The molecule has 0 spiro atoms. The van der Waals surface area contributed by atoms with Gasteiger partial charge < -0.3 is 5.32 Å². The number of nitrogens with zero attached hydrogens (tertiary/aromatic N) is 2. The van der Waals surface area contributed by atoms with Crippen LogP contribution in [-0.4, -0.2) is 37.2 Å². The van der Waals surface area contributed by atoms with E-state index in [0.29, 0.717) is 5.82 Å². The summed E-state index contributed by atoms with van der Waals surface area (Å²) in [5.74, 6) is -0.0122. The minimum Gasteiger partial charge on any atom is -0.309 e. The molecule has 1 aromatic heterocycles. The van der Waals surface area contributed by atoms with Crippen LogP contribution in [0.2, 0.25) is 0 Å². The van der Waals surface area contributed by atoms with Gasteiger partial charge in [-0.2, -0.15) is 4.31 Å². The number of carbonyl (C=O) groups is 1. The van der Waals surface area contributed by atoms with Gasteiger partial charge in [0.2, 0.25) is 15.9 Å². The van der Waals surface area contributed by atoms with Gasteiger partial charge in [0, 0.05) is 13.2 Å². The number of amides is 1. The molecule has 6 nitrogen and oxygen atoms in total. The molecule has 1 N–H and O–H groups in total. The molecule has 0 aliphatic carbocycles. The standard InChI is InChI=1S/C15H17N3O3S/c1-12-7-6-10-16-15(12)17-14(19)11-18(2)22(20,21)13-8-4-3-5-9-13/h3-10H,11H2,1-2H3,(H,16,17,19). The molecule has 0 aliphatic heterocycles. The van der Waals surface area contributed by atoms with Crippen LogP contribution in [0.3, 0.4) is 0 Å². The molecule has 2 rings (SSSR count). The first kappa shape index (κ1) is 16.1. The third-order valence-electron chi connectivity index (χ3n) is 3.08. The molecule has 0 radical (unpaired) electrons. The summed E-state index contributed by atoms with van der Waals surface area (Å²) < 4.78 is 25.6. The fourth-order valence-electron chi connectivity index (χ4n) is 1.85. The molecular weight excluding hydrogens is 302 g/mol. The summed E-state index contributed by atoms with van der Waals surface area (Å²) in [4.78, 5) is 16.2. The minimum atomic E-state index is -3.68. The number of nitrogens with one attached hydrogen (secondary N) is 1. The van der Waals surface area contributed by atoms with Crippen molar-refractivity contribution in [3.8, 4) is 0 Å². The van der Waals surface area contributed by atoms with Crippen LogP contribution in [0.1, 0.15) is 5.56 Å². The highest BCUT2D eigenvalue weighted by atomic mass is 32.2. The number of rotatable bonds is 5. The summed E-state index contributed by atoms with van der Waals surface area (Å²) in [6.07, 6.45) is 1.56. The largest absolute Gasteiger partial charge is 0.309 e. The van der Waals surface area contributed by atoms with Crippen molar-refractivity contribution in [2.24, 2.45) is 0 Å². The Morgan fingerprint density at radius 1 is 1.18 bits per heavy atom. The van der Waals surface area contributed by atoms with Crippen molar-refractivity contribution in [2.45, 2.75) is 11.8 Å². The van der Waals surface area contributed by atoms with E-state index in [0.717, 1.165) is 9.87 Å². The van der Waals surface area contributed by atoms with E-state index in [2.05, 4.69) is 10.3 Å². The number of hydrogen-bond donors (Lipinski definition) is 1. The number of sulfonamides is 1. The number of aromatic nitrogens is 1. The lowest BCUT2D eigenvalue weighted by Gasteiger charge is -2.17. The van der Waals surface area contributed by atoms with Crippen molar-refractivity contribution in [3.63, 3.8) is 0 Å². The van der Waals surface area contributed by atoms with Crippen molar-refractivity contribution in [2.75, 3.05) is 18.9 Å². The zero-order valence-corrected chi connectivity index (χ0v) is 13.2. The Labute approximate surface area is 129 Å². The summed E-state index contributed by atoms with van der Waals surface area (Å²) >= 11 is 0. The van der Waals surface area contributed by atoms with Gasteiger partial charge in [-0.15, -0.1) is 0 Å². The Balaban J connectivity index is 2.07. The average molecular weight is 319 g/mol. The van der Waals surface area contributed by atoms with Gasteiger partial charge in [0.05, 0.1) is 11.4 Å². The third kappa shape index (κ3) is 3.69. The molecule has 0 saturated carbocycles. The third-order valence-corrected chi connectivity index (χ3v) is 4.90. The first-order valence-corrected chi connectivity index (χ1v) is 8.08. The SMILES string of the molecule is Cc1cccnc1NC(=O)CN(C)S(=O)(=O)c1ccccc1. The molecule has 0 bridgehead atoms. The van der Waals surface area contributed by atoms with Gasteiger partial charge in [0.25, 0.3) is 0 Å². The smallest absolute Gasteiger partial charge is 0.243 e. The van der Waals surface area contributed by atoms with E-state index in [-0.39, 0.29) is 11.4 Å². The van der Waals surface area contributed by atoms with E-state index in [1.165, 1.54) is 19.2 Å². The zero-order valence-electron chi connectivity index (χ0n) is 12.4. The molecular formula is C15H17N3O3S. The van der Waals surface area contributed by atoms with Gasteiger partial charge in [-0.3, -0.25) is 4.79 Å². The highest BCUT2D eigenvalue weighted by Gasteiger charge is 2.22. The molecule has 22 heavy (non-hydrogen) atoms. The number of pyridine rings is 1. The predicted molar refractivity (Wildman–Crippen MR) is 83.9 cm³/mol. The first-order chi connectivity index (χ1) is 10.4. The molecule has 0 unspecified atom stereocenters. The molecule has 1 aromatic carbocycles. The van der Waals surface area contributed by atoms with Crippen LogP contribution in [-0.2, 0) is 14.8 Å². The maximum atomic E-state index is 12.3. The second-order valence-corrected chi connectivity index (χ2v) is 6.84. The Kier molecular flexibility index (Phi) is 4.89. The number of carbonyl (C=O) groups excluding carboxylic acids is 1. The summed E-state index contributed by atoms with van der Waals surface area (Å²) in [7, 11) is -2.32. The van der Waals surface area contributed by atoms with Crippen molar-refractivity contribution >= 4 is 21.7 Å². The van der Waals surface area contributed by atoms with Crippen LogP contribution in [0.25, 0.3) is 0 Å². The first-order valence-electron chi connectivity index (χ1n) is 6.64. The summed E-state index contributed by atoms with van der Waals surface area (Å²) in [6, 6.07) is 11.6. The van der Waals surface area contributed by atoms with Gasteiger partial charge in [-0.05, 0) is 30.7 Å².